The summed E-state index contributed by atoms with van der Waals surface area (Å²) in [6, 6.07) is 9.24. The Hall–Kier alpha value is -2.98. The van der Waals surface area contributed by atoms with Crippen LogP contribution in [0, 0.1) is 24.1 Å². The van der Waals surface area contributed by atoms with Crippen LogP contribution in [0.4, 0.5) is 10.1 Å². The van der Waals surface area contributed by atoms with Crippen molar-refractivity contribution in [3.63, 3.8) is 0 Å². The van der Waals surface area contributed by atoms with E-state index in [1.165, 1.54) is 23.5 Å². The quantitative estimate of drug-likeness (QED) is 0.770. The molecule has 0 aliphatic rings. The molecule has 1 aromatic carbocycles. The molecule has 0 radical (unpaired) electrons. The van der Waals surface area contributed by atoms with Gasteiger partial charge in [-0.3, -0.25) is 9.89 Å². The highest BCUT2D eigenvalue weighted by Gasteiger charge is 2.15. The molecule has 0 bridgehead atoms. The van der Waals surface area contributed by atoms with Crippen molar-refractivity contribution in [1.29, 1.82) is 5.26 Å². The standard InChI is InChI=1S/C16H11FN4OS/c1-9-14(7-15(23-9)13-4-5-19-21-13)20-16(22)11-3-2-10(8-18)6-12(11)17/h2-7H,1H3,(H,19,21)(H,20,22). The molecule has 5 nitrogen and oxygen atoms in total. The van der Waals surface area contributed by atoms with Crippen LogP contribution < -0.4 is 5.32 Å². The lowest BCUT2D eigenvalue weighted by atomic mass is 10.1. The molecule has 0 spiro atoms. The Labute approximate surface area is 135 Å². The molecule has 3 rings (SSSR count). The van der Waals surface area contributed by atoms with Gasteiger partial charge in [-0.25, -0.2) is 4.39 Å². The topological polar surface area (TPSA) is 81.6 Å². The third-order valence-corrected chi connectivity index (χ3v) is 4.36. The van der Waals surface area contributed by atoms with E-state index in [9.17, 15) is 9.18 Å². The number of thiophene rings is 1. The van der Waals surface area contributed by atoms with Crippen LogP contribution in [0.5, 0.6) is 0 Å². The van der Waals surface area contributed by atoms with Crippen LogP contribution in [0.1, 0.15) is 20.8 Å². The Morgan fingerprint density at radius 3 is 2.87 bits per heavy atom. The number of aromatic nitrogens is 2. The molecule has 0 saturated heterocycles. The predicted molar refractivity (Wildman–Crippen MR) is 85.7 cm³/mol. The molecule has 0 fully saturated rings. The Morgan fingerprint density at radius 1 is 1.39 bits per heavy atom. The molecule has 0 unspecified atom stereocenters. The van der Waals surface area contributed by atoms with E-state index < -0.39 is 11.7 Å². The second kappa shape index (κ2) is 6.02. The van der Waals surface area contributed by atoms with Crippen LogP contribution in [0.15, 0.2) is 36.5 Å². The highest BCUT2D eigenvalue weighted by atomic mass is 32.1. The number of nitriles is 1. The fourth-order valence-electron chi connectivity index (χ4n) is 2.09. The summed E-state index contributed by atoms with van der Waals surface area (Å²) in [5.74, 6) is -1.27. The van der Waals surface area contributed by atoms with E-state index in [1.807, 2.05) is 25.1 Å². The van der Waals surface area contributed by atoms with E-state index in [4.69, 9.17) is 5.26 Å². The molecule has 1 amide bonds. The lowest BCUT2D eigenvalue weighted by molar-refractivity contribution is 0.102. The van der Waals surface area contributed by atoms with Gasteiger partial charge in [0.25, 0.3) is 5.91 Å². The van der Waals surface area contributed by atoms with Crippen LogP contribution in [0.25, 0.3) is 10.6 Å². The third kappa shape index (κ3) is 2.98. The third-order valence-electron chi connectivity index (χ3n) is 3.27. The monoisotopic (exact) mass is 326 g/mol. The first-order chi connectivity index (χ1) is 11.1. The Bertz CT molecular complexity index is 909. The van der Waals surface area contributed by atoms with Gasteiger partial charge in [0.2, 0.25) is 0 Å². The van der Waals surface area contributed by atoms with Gasteiger partial charge in [-0.1, -0.05) is 0 Å². The number of hydrogen-bond donors (Lipinski definition) is 2. The molecule has 2 aromatic heterocycles. The largest absolute Gasteiger partial charge is 0.321 e. The zero-order chi connectivity index (χ0) is 16.4. The lowest BCUT2D eigenvalue weighted by Gasteiger charge is -2.05. The second-order valence-electron chi connectivity index (χ2n) is 4.81. The predicted octanol–water partition coefficient (Wildman–Crippen LogP) is 3.71. The number of rotatable bonds is 3. The van der Waals surface area contributed by atoms with Gasteiger partial charge in [0.05, 0.1) is 33.5 Å². The van der Waals surface area contributed by atoms with Gasteiger partial charge in [-0.2, -0.15) is 10.4 Å². The van der Waals surface area contributed by atoms with Gasteiger partial charge >= 0.3 is 0 Å². The summed E-state index contributed by atoms with van der Waals surface area (Å²) in [5, 5.41) is 18.2. The van der Waals surface area contributed by atoms with E-state index in [-0.39, 0.29) is 11.1 Å². The first-order valence-corrected chi connectivity index (χ1v) is 7.51. The minimum atomic E-state index is -0.719. The van der Waals surface area contributed by atoms with E-state index >= 15 is 0 Å². The maximum Gasteiger partial charge on any atom is 0.258 e. The second-order valence-corrected chi connectivity index (χ2v) is 6.07. The van der Waals surface area contributed by atoms with Gasteiger partial charge in [-0.15, -0.1) is 11.3 Å². The Balaban J connectivity index is 1.85. The molecule has 0 atom stereocenters. The minimum absolute atomic E-state index is 0.0994. The van der Waals surface area contributed by atoms with Crippen molar-refractivity contribution in [2.45, 2.75) is 6.92 Å². The first-order valence-electron chi connectivity index (χ1n) is 6.69. The van der Waals surface area contributed by atoms with Gasteiger partial charge in [0, 0.05) is 11.1 Å². The van der Waals surface area contributed by atoms with Crippen LogP contribution in [-0.2, 0) is 0 Å². The summed E-state index contributed by atoms with van der Waals surface area (Å²) >= 11 is 1.50. The number of carbonyl (C=O) groups excluding carboxylic acids is 1. The Kier molecular flexibility index (Phi) is 3.91. The summed E-state index contributed by atoms with van der Waals surface area (Å²) in [5.41, 5.74) is 1.54. The number of hydrogen-bond acceptors (Lipinski definition) is 4. The fourth-order valence-corrected chi connectivity index (χ4v) is 3.04. The van der Waals surface area contributed by atoms with E-state index in [0.29, 0.717) is 5.69 Å². The fraction of sp³-hybridized carbons (Fsp3) is 0.0625. The van der Waals surface area contributed by atoms with E-state index in [0.717, 1.165) is 21.5 Å². The van der Waals surface area contributed by atoms with E-state index in [2.05, 4.69) is 15.5 Å². The van der Waals surface area contributed by atoms with Gasteiger partial charge in [0.1, 0.15) is 5.82 Å². The molecule has 23 heavy (non-hydrogen) atoms. The average molecular weight is 326 g/mol. The number of halogens is 1. The molecular formula is C16H11FN4OS. The number of H-pyrrole nitrogens is 1. The van der Waals surface area contributed by atoms with Gasteiger partial charge < -0.3 is 5.32 Å². The van der Waals surface area contributed by atoms with Crippen LogP contribution >= 0.6 is 11.3 Å². The number of carbonyl (C=O) groups is 1. The molecule has 7 heteroatoms. The van der Waals surface area contributed by atoms with Gasteiger partial charge in [0.15, 0.2) is 0 Å². The Morgan fingerprint density at radius 2 is 2.22 bits per heavy atom. The zero-order valence-electron chi connectivity index (χ0n) is 12.1. The highest BCUT2D eigenvalue weighted by molar-refractivity contribution is 7.16. The summed E-state index contributed by atoms with van der Waals surface area (Å²) in [7, 11) is 0. The maximum absolute atomic E-state index is 13.9. The van der Waals surface area contributed by atoms with Crippen molar-refractivity contribution in [1.82, 2.24) is 10.2 Å². The zero-order valence-corrected chi connectivity index (χ0v) is 12.9. The van der Waals surface area contributed by atoms with Crippen molar-refractivity contribution in [2.24, 2.45) is 0 Å². The summed E-state index contributed by atoms with van der Waals surface area (Å²) in [6.07, 6.45) is 1.65. The van der Waals surface area contributed by atoms with Crippen molar-refractivity contribution < 1.29 is 9.18 Å². The lowest BCUT2D eigenvalue weighted by Crippen LogP contribution is -2.13. The van der Waals surface area contributed by atoms with Crippen LogP contribution in [0.3, 0.4) is 0 Å². The number of nitrogens with one attached hydrogen (secondary N) is 2. The SMILES string of the molecule is Cc1sc(-c2ccn[nH]2)cc1NC(=O)c1ccc(C#N)cc1F. The molecule has 0 aliphatic heterocycles. The van der Waals surface area contributed by atoms with Crippen molar-refractivity contribution in [3.8, 4) is 16.6 Å². The number of aromatic amines is 1. The van der Waals surface area contributed by atoms with Crippen molar-refractivity contribution >= 4 is 22.9 Å². The normalized spacial score (nSPS) is 10.3. The number of aryl methyl sites for hydroxylation is 1. The maximum atomic E-state index is 13.9. The summed E-state index contributed by atoms with van der Waals surface area (Å²) in [6.45, 7) is 1.87. The van der Waals surface area contributed by atoms with Crippen molar-refractivity contribution in [2.75, 3.05) is 5.32 Å². The van der Waals surface area contributed by atoms with Gasteiger partial charge in [-0.05, 0) is 37.3 Å². The summed E-state index contributed by atoms with van der Waals surface area (Å²) in [4.78, 5) is 14.1. The van der Waals surface area contributed by atoms with E-state index in [1.54, 1.807) is 6.20 Å². The van der Waals surface area contributed by atoms with Crippen molar-refractivity contribution in [3.05, 3.63) is 58.3 Å². The number of amides is 1. The summed E-state index contributed by atoms with van der Waals surface area (Å²) < 4.78 is 13.9. The molecule has 114 valence electrons. The first kappa shape index (κ1) is 14.9. The average Bonchev–Trinajstić information content (AvgIpc) is 3.17. The number of benzene rings is 1. The molecule has 3 aromatic rings. The number of anilines is 1. The minimum Gasteiger partial charge on any atom is -0.321 e. The smallest absolute Gasteiger partial charge is 0.258 e. The molecule has 0 saturated carbocycles. The molecule has 2 heterocycles. The highest BCUT2D eigenvalue weighted by Crippen LogP contribution is 2.33. The number of nitrogens with zero attached hydrogens (tertiary/aromatic N) is 2. The molecule has 0 aliphatic carbocycles. The van der Waals surface area contributed by atoms with Crippen LogP contribution in [-0.4, -0.2) is 16.1 Å². The molecule has 2 N–H and O–H groups in total. The molecular weight excluding hydrogens is 315 g/mol. The van der Waals surface area contributed by atoms with Crippen LogP contribution in [0.2, 0.25) is 0 Å².